The number of nitrogens with zero attached hydrogens (tertiary/aromatic N) is 2. The van der Waals surface area contributed by atoms with E-state index >= 15 is 0 Å². The fraction of sp³-hybridized carbons (Fsp3) is 0.346. The summed E-state index contributed by atoms with van der Waals surface area (Å²) in [4.78, 5) is 7.12. The number of piperidine rings is 1. The monoisotopic (exact) mass is 435 g/mol. The second-order valence-corrected chi connectivity index (χ2v) is 8.52. The van der Waals surface area contributed by atoms with E-state index in [9.17, 15) is 0 Å². The fourth-order valence-electron chi connectivity index (χ4n) is 4.09. The molecule has 2 heterocycles. The summed E-state index contributed by atoms with van der Waals surface area (Å²) in [5.74, 6) is 1.67. The Labute approximate surface area is 190 Å². The summed E-state index contributed by atoms with van der Waals surface area (Å²) in [6.07, 6.45) is 4.32. The molecule has 0 aliphatic carbocycles. The predicted octanol–water partition coefficient (Wildman–Crippen LogP) is 5.28. The first kappa shape index (κ1) is 21.8. The van der Waals surface area contributed by atoms with Gasteiger partial charge in [0.1, 0.15) is 12.4 Å². The Morgan fingerprint density at radius 1 is 0.968 bits per heavy atom. The molecule has 1 aliphatic rings. The minimum Gasteiger partial charge on any atom is -0.492 e. The number of nitrogens with one attached hydrogen (secondary N) is 1. The van der Waals surface area contributed by atoms with Gasteiger partial charge in [0.25, 0.3) is 0 Å². The highest BCUT2D eigenvalue weighted by atomic mass is 35.5. The van der Waals surface area contributed by atoms with Crippen LogP contribution >= 0.6 is 11.6 Å². The van der Waals surface area contributed by atoms with Crippen molar-refractivity contribution in [3.63, 3.8) is 0 Å². The van der Waals surface area contributed by atoms with Crippen molar-refractivity contribution >= 4 is 11.6 Å². The zero-order valence-corrected chi connectivity index (χ0v) is 18.6. The number of hydrogen-bond acceptors (Lipinski definition) is 4. The van der Waals surface area contributed by atoms with Crippen LogP contribution in [0, 0.1) is 5.92 Å². The average Bonchev–Trinajstić information content (AvgIpc) is 2.82. The Morgan fingerprint density at radius 2 is 1.74 bits per heavy atom. The molecule has 0 saturated carbocycles. The second-order valence-electron chi connectivity index (χ2n) is 8.08. The van der Waals surface area contributed by atoms with E-state index in [4.69, 9.17) is 16.3 Å². The zero-order valence-electron chi connectivity index (χ0n) is 17.8. The topological polar surface area (TPSA) is 37.4 Å². The van der Waals surface area contributed by atoms with E-state index in [2.05, 4.69) is 33.4 Å². The highest BCUT2D eigenvalue weighted by Gasteiger charge is 2.19. The van der Waals surface area contributed by atoms with Crippen LogP contribution in [0.4, 0.5) is 0 Å². The normalized spacial score (nSPS) is 15.1. The molecule has 1 aliphatic heterocycles. The molecule has 0 amide bonds. The van der Waals surface area contributed by atoms with Crippen LogP contribution in [0.5, 0.6) is 5.75 Å². The molecule has 0 bridgehead atoms. The Hall–Kier alpha value is -2.40. The highest BCUT2D eigenvalue weighted by molar-refractivity contribution is 6.30. The van der Waals surface area contributed by atoms with E-state index in [1.165, 1.54) is 18.4 Å². The average molecular weight is 436 g/mol. The van der Waals surface area contributed by atoms with Crippen LogP contribution in [0.15, 0.2) is 72.9 Å². The van der Waals surface area contributed by atoms with Gasteiger partial charge in [-0.15, -0.1) is 0 Å². The number of pyridine rings is 1. The van der Waals surface area contributed by atoms with Gasteiger partial charge in [-0.05, 0) is 74.3 Å². The quantitative estimate of drug-likeness (QED) is 0.496. The highest BCUT2D eigenvalue weighted by Crippen LogP contribution is 2.24. The third kappa shape index (κ3) is 6.54. The van der Waals surface area contributed by atoms with Crippen molar-refractivity contribution in [3.05, 3.63) is 83.6 Å². The summed E-state index contributed by atoms with van der Waals surface area (Å²) in [7, 11) is 0. The molecule has 0 radical (unpaired) electrons. The summed E-state index contributed by atoms with van der Waals surface area (Å²) in [5.41, 5.74) is 3.40. The van der Waals surface area contributed by atoms with Crippen LogP contribution in [0.2, 0.25) is 5.02 Å². The molecule has 1 fully saturated rings. The van der Waals surface area contributed by atoms with Crippen molar-refractivity contribution in [2.45, 2.75) is 19.4 Å². The Balaban J connectivity index is 1.18. The molecule has 5 heteroatoms. The first-order valence-electron chi connectivity index (χ1n) is 11.1. The lowest BCUT2D eigenvalue weighted by Crippen LogP contribution is -2.39. The van der Waals surface area contributed by atoms with E-state index in [-0.39, 0.29) is 0 Å². The first-order valence-corrected chi connectivity index (χ1v) is 11.5. The van der Waals surface area contributed by atoms with Crippen LogP contribution in [0.3, 0.4) is 0 Å². The number of likely N-dealkylation sites (tertiary alicyclic amines) is 1. The van der Waals surface area contributed by atoms with Gasteiger partial charge in [0.05, 0.1) is 5.69 Å². The van der Waals surface area contributed by atoms with Gasteiger partial charge >= 0.3 is 0 Å². The molecule has 162 valence electrons. The molecular formula is C26H30ClN3O. The summed E-state index contributed by atoms with van der Waals surface area (Å²) in [5, 5.41) is 4.40. The maximum absolute atomic E-state index is 6.04. The molecule has 0 atom stereocenters. The van der Waals surface area contributed by atoms with Gasteiger partial charge in [-0.3, -0.25) is 9.88 Å². The smallest absolute Gasteiger partial charge is 0.119 e. The summed E-state index contributed by atoms with van der Waals surface area (Å²) in [6.45, 7) is 5.84. The molecule has 3 aromatic rings. The lowest BCUT2D eigenvalue weighted by atomic mass is 9.96. The SMILES string of the molecule is Clc1ccc(-c2cccnc2CNCC2CCN(CCOc3ccccc3)CC2)cc1. The van der Waals surface area contributed by atoms with Gasteiger partial charge in [0.15, 0.2) is 0 Å². The molecule has 4 rings (SSSR count). The minimum atomic E-state index is 0.717. The van der Waals surface area contributed by atoms with Crippen molar-refractivity contribution < 1.29 is 4.74 Å². The number of rotatable bonds is 9. The van der Waals surface area contributed by atoms with Crippen molar-refractivity contribution in [2.24, 2.45) is 5.92 Å². The third-order valence-corrected chi connectivity index (χ3v) is 6.15. The number of halogens is 1. The lowest BCUT2D eigenvalue weighted by molar-refractivity contribution is 0.154. The Morgan fingerprint density at radius 3 is 2.52 bits per heavy atom. The summed E-state index contributed by atoms with van der Waals surface area (Å²) in [6, 6.07) is 22.1. The van der Waals surface area contributed by atoms with Crippen LogP contribution in [-0.2, 0) is 6.54 Å². The predicted molar refractivity (Wildman–Crippen MR) is 127 cm³/mol. The van der Waals surface area contributed by atoms with Gasteiger partial charge in [0, 0.05) is 29.9 Å². The molecule has 0 unspecified atom stereocenters. The van der Waals surface area contributed by atoms with Crippen molar-refractivity contribution in [1.29, 1.82) is 0 Å². The standard InChI is InChI=1S/C26H30ClN3O/c27-23-10-8-22(9-11-23)25-7-4-14-29-26(25)20-28-19-21-12-15-30(16-13-21)17-18-31-24-5-2-1-3-6-24/h1-11,14,21,28H,12-13,15-20H2. The molecule has 2 aromatic carbocycles. The van der Waals surface area contributed by atoms with Gasteiger partial charge < -0.3 is 10.1 Å². The summed E-state index contributed by atoms with van der Waals surface area (Å²) >= 11 is 6.04. The molecular weight excluding hydrogens is 406 g/mol. The number of aromatic nitrogens is 1. The maximum Gasteiger partial charge on any atom is 0.119 e. The third-order valence-electron chi connectivity index (χ3n) is 5.90. The second kappa shape index (κ2) is 11.3. The van der Waals surface area contributed by atoms with E-state index in [1.807, 2.05) is 54.7 Å². The van der Waals surface area contributed by atoms with Gasteiger partial charge in [-0.1, -0.05) is 48.0 Å². The molecule has 31 heavy (non-hydrogen) atoms. The van der Waals surface area contributed by atoms with Crippen LogP contribution in [0.25, 0.3) is 11.1 Å². The van der Waals surface area contributed by atoms with Crippen molar-refractivity contribution in [2.75, 3.05) is 32.8 Å². The Kier molecular flexibility index (Phi) is 7.94. The van der Waals surface area contributed by atoms with Crippen LogP contribution in [-0.4, -0.2) is 42.7 Å². The van der Waals surface area contributed by atoms with Crippen LogP contribution in [0.1, 0.15) is 18.5 Å². The largest absolute Gasteiger partial charge is 0.492 e. The van der Waals surface area contributed by atoms with E-state index in [0.717, 1.165) is 61.4 Å². The lowest BCUT2D eigenvalue weighted by Gasteiger charge is -2.32. The number of para-hydroxylation sites is 1. The molecule has 4 nitrogen and oxygen atoms in total. The minimum absolute atomic E-state index is 0.717. The molecule has 0 spiro atoms. The fourth-order valence-corrected chi connectivity index (χ4v) is 4.22. The summed E-state index contributed by atoms with van der Waals surface area (Å²) < 4.78 is 5.84. The van der Waals surface area contributed by atoms with Crippen LogP contribution < -0.4 is 10.1 Å². The van der Waals surface area contributed by atoms with Gasteiger partial charge in [0.2, 0.25) is 0 Å². The number of benzene rings is 2. The van der Waals surface area contributed by atoms with Crippen molar-refractivity contribution in [3.8, 4) is 16.9 Å². The Bertz CT molecular complexity index is 925. The van der Waals surface area contributed by atoms with E-state index in [1.54, 1.807) is 0 Å². The van der Waals surface area contributed by atoms with E-state index in [0.29, 0.717) is 5.92 Å². The van der Waals surface area contributed by atoms with E-state index < -0.39 is 0 Å². The molecule has 1 aromatic heterocycles. The van der Waals surface area contributed by atoms with Gasteiger partial charge in [-0.25, -0.2) is 0 Å². The number of hydrogen-bond donors (Lipinski definition) is 1. The zero-order chi connectivity index (χ0) is 21.3. The molecule has 1 N–H and O–H groups in total. The molecule has 1 saturated heterocycles. The number of ether oxygens (including phenoxy) is 1. The maximum atomic E-state index is 6.04. The van der Waals surface area contributed by atoms with Gasteiger partial charge in [-0.2, -0.15) is 0 Å². The first-order chi connectivity index (χ1) is 15.3. The van der Waals surface area contributed by atoms with Crippen molar-refractivity contribution in [1.82, 2.24) is 15.2 Å².